The Morgan fingerprint density at radius 3 is 2.31 bits per heavy atom. The van der Waals surface area contributed by atoms with Gasteiger partial charge in [0.2, 0.25) is 5.91 Å². The van der Waals surface area contributed by atoms with Crippen LogP contribution in [0.5, 0.6) is 0 Å². The number of aliphatic hydroxyl groups is 1. The van der Waals surface area contributed by atoms with Gasteiger partial charge in [-0.25, -0.2) is 8.78 Å². The van der Waals surface area contributed by atoms with Gasteiger partial charge in [0.1, 0.15) is 11.6 Å². The van der Waals surface area contributed by atoms with Gasteiger partial charge < -0.3 is 21.1 Å². The van der Waals surface area contributed by atoms with Crippen LogP contribution in [0.4, 0.5) is 14.5 Å². The first-order valence-corrected chi connectivity index (χ1v) is 12.1. The molecule has 7 heteroatoms. The number of aliphatic hydroxyl groups excluding tert-OH is 1. The van der Waals surface area contributed by atoms with Crippen molar-refractivity contribution in [1.29, 1.82) is 0 Å². The Morgan fingerprint density at radius 2 is 1.64 bits per heavy atom. The number of hydrogen-bond donors (Lipinski definition) is 4. The molecule has 36 heavy (non-hydrogen) atoms. The molecule has 4 N–H and O–H groups in total. The maximum absolute atomic E-state index is 13.7. The van der Waals surface area contributed by atoms with Crippen LogP contribution in [0.3, 0.4) is 0 Å². The lowest BCUT2D eigenvalue weighted by Crippen LogP contribution is -2.48. The molecule has 5 nitrogen and oxygen atoms in total. The van der Waals surface area contributed by atoms with E-state index < -0.39 is 23.8 Å². The molecule has 1 unspecified atom stereocenters. The molecule has 0 heterocycles. The van der Waals surface area contributed by atoms with Crippen molar-refractivity contribution >= 4 is 11.6 Å². The quantitative estimate of drug-likeness (QED) is 0.359. The van der Waals surface area contributed by atoms with E-state index in [4.69, 9.17) is 0 Å². The Labute approximate surface area is 210 Å². The predicted octanol–water partition coefficient (Wildman–Crippen LogP) is 4.94. The van der Waals surface area contributed by atoms with Crippen molar-refractivity contribution in [3.05, 3.63) is 89.0 Å². The lowest BCUT2D eigenvalue weighted by atomic mass is 9.99. The van der Waals surface area contributed by atoms with E-state index >= 15 is 0 Å². The van der Waals surface area contributed by atoms with Crippen molar-refractivity contribution in [1.82, 2.24) is 10.6 Å². The molecular weight excluding hydrogens is 460 g/mol. The Morgan fingerprint density at radius 1 is 0.972 bits per heavy atom. The molecule has 1 amide bonds. The summed E-state index contributed by atoms with van der Waals surface area (Å²) in [6, 6.07) is 16.8. The average molecular weight is 494 g/mol. The number of nitrogens with one attached hydrogen (secondary N) is 3. The van der Waals surface area contributed by atoms with Gasteiger partial charge in [-0.05, 0) is 79.3 Å². The van der Waals surface area contributed by atoms with E-state index in [0.29, 0.717) is 5.56 Å². The van der Waals surface area contributed by atoms with Gasteiger partial charge >= 0.3 is 0 Å². The second-order valence-corrected chi connectivity index (χ2v) is 10.5. The third-order valence-corrected chi connectivity index (χ3v) is 6.21. The first-order chi connectivity index (χ1) is 17.0. The summed E-state index contributed by atoms with van der Waals surface area (Å²) in [5, 5.41) is 20.8. The summed E-state index contributed by atoms with van der Waals surface area (Å²) in [6.07, 6.45) is -0.901. The normalized spacial score (nSPS) is 16.1. The predicted molar refractivity (Wildman–Crippen MR) is 139 cm³/mol. The molecule has 4 rings (SSSR count). The summed E-state index contributed by atoms with van der Waals surface area (Å²) in [4.78, 5) is 11.8. The molecule has 0 fully saturated rings. The first-order valence-electron chi connectivity index (χ1n) is 12.1. The van der Waals surface area contributed by atoms with Crippen LogP contribution in [0, 0.1) is 11.6 Å². The zero-order valence-corrected chi connectivity index (χ0v) is 21.0. The monoisotopic (exact) mass is 493 g/mol. The van der Waals surface area contributed by atoms with Gasteiger partial charge in [-0.1, -0.05) is 30.3 Å². The topological polar surface area (TPSA) is 73.4 Å². The highest BCUT2D eigenvalue weighted by Gasteiger charge is 2.30. The van der Waals surface area contributed by atoms with Crippen molar-refractivity contribution in [3.8, 4) is 11.1 Å². The number of benzene rings is 3. The second-order valence-electron chi connectivity index (χ2n) is 10.5. The maximum Gasteiger partial charge on any atom is 0.217 e. The smallest absolute Gasteiger partial charge is 0.217 e. The molecule has 0 saturated heterocycles. The van der Waals surface area contributed by atoms with Gasteiger partial charge in [0.05, 0.1) is 18.2 Å². The van der Waals surface area contributed by atoms with E-state index in [2.05, 4.69) is 67.1 Å². The molecule has 0 aliphatic heterocycles. The van der Waals surface area contributed by atoms with E-state index in [-0.39, 0.29) is 30.5 Å². The van der Waals surface area contributed by atoms with Crippen molar-refractivity contribution in [2.45, 2.75) is 57.8 Å². The molecule has 3 aromatic rings. The van der Waals surface area contributed by atoms with E-state index in [9.17, 15) is 18.7 Å². The number of carbonyl (C=O) groups is 1. The summed E-state index contributed by atoms with van der Waals surface area (Å²) < 4.78 is 27.4. The number of anilines is 1. The van der Waals surface area contributed by atoms with Gasteiger partial charge in [0, 0.05) is 30.8 Å². The minimum Gasteiger partial charge on any atom is -0.390 e. The van der Waals surface area contributed by atoms with Crippen LogP contribution >= 0.6 is 0 Å². The molecule has 1 aliphatic rings. The Hall–Kier alpha value is -3.29. The van der Waals surface area contributed by atoms with Crippen LogP contribution in [-0.2, 0) is 11.2 Å². The van der Waals surface area contributed by atoms with Crippen LogP contribution in [0.15, 0.2) is 60.7 Å². The van der Waals surface area contributed by atoms with Crippen molar-refractivity contribution in [2.75, 3.05) is 11.9 Å². The Balaban J connectivity index is 1.56. The minimum absolute atomic E-state index is 0.0919. The molecule has 0 saturated carbocycles. The van der Waals surface area contributed by atoms with E-state index in [1.807, 2.05) is 12.1 Å². The number of carbonyl (C=O) groups excluding carboxylic acids is 1. The van der Waals surface area contributed by atoms with Crippen LogP contribution in [0.2, 0.25) is 0 Å². The SMILES string of the molecule is CC(=O)N[C@@H](Cc1cc(F)cc(F)c1)[C@H](O)CNC1c2ccccc2-c2ccc(NC(C)(C)C)cc21. The van der Waals surface area contributed by atoms with E-state index in [1.165, 1.54) is 19.1 Å². The molecule has 0 aromatic heterocycles. The highest BCUT2D eigenvalue weighted by molar-refractivity contribution is 5.80. The summed E-state index contributed by atoms with van der Waals surface area (Å²) in [5.74, 6) is -1.72. The number of rotatable bonds is 8. The summed E-state index contributed by atoms with van der Waals surface area (Å²) in [7, 11) is 0. The van der Waals surface area contributed by atoms with Crippen molar-refractivity contribution < 1.29 is 18.7 Å². The summed E-state index contributed by atoms with van der Waals surface area (Å²) in [5.41, 5.74) is 5.74. The lowest BCUT2D eigenvalue weighted by molar-refractivity contribution is -0.120. The molecule has 3 atom stereocenters. The molecule has 1 aliphatic carbocycles. The minimum atomic E-state index is -0.993. The highest BCUT2D eigenvalue weighted by Crippen LogP contribution is 2.44. The molecule has 3 aromatic carbocycles. The number of hydrogen-bond acceptors (Lipinski definition) is 4. The lowest BCUT2D eigenvalue weighted by Gasteiger charge is -2.27. The van der Waals surface area contributed by atoms with Gasteiger partial charge in [0.25, 0.3) is 0 Å². The second kappa shape index (κ2) is 10.4. The standard InChI is InChI=1S/C29H33F2N3O2/c1-17(35)33-26(13-18-11-19(30)14-20(31)12-18)27(36)16-32-28-24-8-6-5-7-22(24)23-10-9-21(15-25(23)28)34-29(2,3)4/h5-12,14-15,26-28,32,34,36H,13,16H2,1-4H3,(H,33,35)/t26-,27+,28?/m0/s1. The number of amides is 1. The van der Waals surface area contributed by atoms with Crippen molar-refractivity contribution in [3.63, 3.8) is 0 Å². The third-order valence-electron chi connectivity index (χ3n) is 6.21. The molecule has 0 bridgehead atoms. The van der Waals surface area contributed by atoms with E-state index in [1.54, 1.807) is 0 Å². The van der Waals surface area contributed by atoms with Gasteiger partial charge in [-0.15, -0.1) is 0 Å². The van der Waals surface area contributed by atoms with Crippen molar-refractivity contribution in [2.24, 2.45) is 0 Å². The third kappa shape index (κ3) is 6.09. The molecular formula is C29H33F2N3O2. The fraction of sp³-hybridized carbons (Fsp3) is 0.345. The summed E-state index contributed by atoms with van der Waals surface area (Å²) >= 11 is 0. The fourth-order valence-corrected chi connectivity index (χ4v) is 4.85. The zero-order valence-electron chi connectivity index (χ0n) is 21.0. The molecule has 0 spiro atoms. The van der Waals surface area contributed by atoms with Crippen LogP contribution in [0.1, 0.15) is 50.4 Å². The number of fused-ring (bicyclic) bond motifs is 3. The number of halogens is 2. The van der Waals surface area contributed by atoms with Crippen LogP contribution in [0.25, 0.3) is 11.1 Å². The maximum atomic E-state index is 13.7. The average Bonchev–Trinajstić information content (AvgIpc) is 3.08. The van der Waals surface area contributed by atoms with Gasteiger partial charge in [-0.2, -0.15) is 0 Å². The van der Waals surface area contributed by atoms with Crippen LogP contribution in [-0.4, -0.2) is 35.2 Å². The van der Waals surface area contributed by atoms with Crippen LogP contribution < -0.4 is 16.0 Å². The van der Waals surface area contributed by atoms with Gasteiger partial charge in [-0.3, -0.25) is 4.79 Å². The van der Waals surface area contributed by atoms with Gasteiger partial charge in [0.15, 0.2) is 0 Å². The first kappa shape index (κ1) is 25.8. The Kier molecular flexibility index (Phi) is 7.43. The van der Waals surface area contributed by atoms with E-state index in [0.717, 1.165) is 34.0 Å². The summed E-state index contributed by atoms with van der Waals surface area (Å²) in [6.45, 7) is 7.83. The highest BCUT2D eigenvalue weighted by atomic mass is 19.1. The largest absolute Gasteiger partial charge is 0.390 e. The fourth-order valence-electron chi connectivity index (χ4n) is 4.85. The molecule has 0 radical (unpaired) electrons. The zero-order chi connectivity index (χ0) is 26.0. The molecule has 190 valence electrons. The Bertz CT molecular complexity index is 1240.